The van der Waals surface area contributed by atoms with Gasteiger partial charge in [0.25, 0.3) is 0 Å². The first-order valence-corrected chi connectivity index (χ1v) is 6.91. The molecule has 20 heavy (non-hydrogen) atoms. The second-order valence-corrected chi connectivity index (χ2v) is 6.41. The minimum Gasteiger partial charge on any atom is -0.478 e. The third-order valence-electron chi connectivity index (χ3n) is 2.78. The third kappa shape index (κ3) is 3.94. The van der Waals surface area contributed by atoms with E-state index in [2.05, 4.69) is 10.6 Å². The standard InChI is InChI=1S/C13H20N2O4S/c1-7-8(2)20-10(9(7)11(16)17)14-12(18)15-13(3,4)6-19-5/h6H2,1-5H3,(H,16,17)(H2,14,15,18). The molecule has 0 radical (unpaired) electrons. The lowest BCUT2D eigenvalue weighted by Gasteiger charge is -2.25. The van der Waals surface area contributed by atoms with Crippen LogP contribution < -0.4 is 10.6 Å². The Bertz CT molecular complexity index is 523. The summed E-state index contributed by atoms with van der Waals surface area (Å²) < 4.78 is 5.01. The predicted octanol–water partition coefficient (Wildman–Crippen LogP) is 2.61. The highest BCUT2D eigenvalue weighted by molar-refractivity contribution is 7.16. The highest BCUT2D eigenvalue weighted by Gasteiger charge is 2.24. The molecule has 1 aromatic rings. The van der Waals surface area contributed by atoms with E-state index >= 15 is 0 Å². The monoisotopic (exact) mass is 300 g/mol. The molecule has 112 valence electrons. The van der Waals surface area contributed by atoms with E-state index in [1.54, 1.807) is 14.0 Å². The van der Waals surface area contributed by atoms with Crippen LogP contribution in [-0.2, 0) is 4.74 Å². The molecule has 2 amide bonds. The Kier molecular flexibility index (Phi) is 5.13. The van der Waals surface area contributed by atoms with Gasteiger partial charge in [-0.25, -0.2) is 9.59 Å². The van der Waals surface area contributed by atoms with Crippen LogP contribution >= 0.6 is 11.3 Å². The van der Waals surface area contributed by atoms with Crippen LogP contribution in [0.4, 0.5) is 9.80 Å². The summed E-state index contributed by atoms with van der Waals surface area (Å²) in [7, 11) is 1.55. The van der Waals surface area contributed by atoms with Crippen LogP contribution in [0, 0.1) is 13.8 Å². The van der Waals surface area contributed by atoms with Crippen LogP contribution in [-0.4, -0.2) is 36.4 Å². The van der Waals surface area contributed by atoms with Gasteiger partial charge in [-0.3, -0.25) is 5.32 Å². The number of amides is 2. The van der Waals surface area contributed by atoms with Gasteiger partial charge >= 0.3 is 12.0 Å². The fourth-order valence-electron chi connectivity index (χ4n) is 1.81. The Labute approximate surface area is 122 Å². The molecule has 3 N–H and O–H groups in total. The molecule has 0 bridgehead atoms. The largest absolute Gasteiger partial charge is 0.478 e. The van der Waals surface area contributed by atoms with Gasteiger partial charge in [0.05, 0.1) is 17.7 Å². The maximum Gasteiger partial charge on any atom is 0.338 e. The number of anilines is 1. The van der Waals surface area contributed by atoms with E-state index < -0.39 is 17.5 Å². The van der Waals surface area contributed by atoms with Gasteiger partial charge in [0, 0.05) is 12.0 Å². The summed E-state index contributed by atoms with van der Waals surface area (Å²) in [6.07, 6.45) is 0. The molecular weight excluding hydrogens is 280 g/mol. The maximum absolute atomic E-state index is 11.9. The number of carbonyl (C=O) groups excluding carboxylic acids is 1. The highest BCUT2D eigenvalue weighted by atomic mass is 32.1. The number of urea groups is 1. The molecule has 1 rings (SSSR count). The normalized spacial score (nSPS) is 11.2. The summed E-state index contributed by atoms with van der Waals surface area (Å²) in [5, 5.41) is 14.9. The Morgan fingerprint density at radius 3 is 2.45 bits per heavy atom. The van der Waals surface area contributed by atoms with Gasteiger partial charge in [-0.1, -0.05) is 0 Å². The number of carbonyl (C=O) groups is 2. The van der Waals surface area contributed by atoms with Crippen LogP contribution in [0.5, 0.6) is 0 Å². The number of ether oxygens (including phenoxy) is 1. The van der Waals surface area contributed by atoms with Crippen LogP contribution in [0.15, 0.2) is 0 Å². The number of hydrogen-bond donors (Lipinski definition) is 3. The lowest BCUT2D eigenvalue weighted by molar-refractivity contribution is 0.0697. The molecule has 0 fully saturated rings. The van der Waals surface area contributed by atoms with Crippen molar-refractivity contribution in [1.29, 1.82) is 0 Å². The summed E-state index contributed by atoms with van der Waals surface area (Å²) in [4.78, 5) is 24.0. The molecule has 1 heterocycles. The first-order chi connectivity index (χ1) is 9.18. The smallest absolute Gasteiger partial charge is 0.338 e. The van der Waals surface area contributed by atoms with Crippen molar-refractivity contribution < 1.29 is 19.4 Å². The lowest BCUT2D eigenvalue weighted by Crippen LogP contribution is -2.48. The zero-order valence-corrected chi connectivity index (χ0v) is 13.1. The first kappa shape index (κ1) is 16.5. The number of carboxylic acid groups (broad SMARTS) is 1. The first-order valence-electron chi connectivity index (χ1n) is 6.09. The van der Waals surface area contributed by atoms with Crippen LogP contribution in [0.25, 0.3) is 0 Å². The Balaban J connectivity index is 2.87. The number of nitrogens with one attached hydrogen (secondary N) is 2. The average Bonchev–Trinajstić information content (AvgIpc) is 2.52. The summed E-state index contributed by atoms with van der Waals surface area (Å²) in [6.45, 7) is 7.55. The van der Waals surface area contributed by atoms with Gasteiger partial charge in [-0.05, 0) is 33.3 Å². The van der Waals surface area contributed by atoms with Crippen molar-refractivity contribution in [2.24, 2.45) is 0 Å². The number of aryl methyl sites for hydroxylation is 1. The average molecular weight is 300 g/mol. The molecule has 0 saturated carbocycles. The second kappa shape index (κ2) is 6.23. The topological polar surface area (TPSA) is 87.7 Å². The van der Waals surface area contributed by atoms with E-state index in [1.165, 1.54) is 11.3 Å². The van der Waals surface area contributed by atoms with Crippen molar-refractivity contribution in [3.05, 3.63) is 16.0 Å². The second-order valence-electron chi connectivity index (χ2n) is 5.19. The summed E-state index contributed by atoms with van der Waals surface area (Å²) in [5.41, 5.74) is 0.282. The molecule has 0 atom stereocenters. The fourth-order valence-corrected chi connectivity index (χ4v) is 2.86. The van der Waals surface area contributed by atoms with Crippen molar-refractivity contribution in [3.63, 3.8) is 0 Å². The van der Waals surface area contributed by atoms with Crippen molar-refractivity contribution in [1.82, 2.24) is 5.32 Å². The number of methoxy groups -OCH3 is 1. The number of thiophene rings is 1. The summed E-state index contributed by atoms with van der Waals surface area (Å²) in [6, 6.07) is -0.448. The van der Waals surface area contributed by atoms with Gasteiger partial charge < -0.3 is 15.2 Å². The maximum atomic E-state index is 11.9. The van der Waals surface area contributed by atoms with Crippen LogP contribution in [0.2, 0.25) is 0 Å². The Morgan fingerprint density at radius 1 is 1.35 bits per heavy atom. The SMILES string of the molecule is COCC(C)(C)NC(=O)Nc1sc(C)c(C)c1C(=O)O. The van der Waals surface area contributed by atoms with E-state index in [4.69, 9.17) is 4.74 Å². The zero-order chi connectivity index (χ0) is 15.5. The molecular formula is C13H20N2O4S. The number of aromatic carboxylic acids is 1. The third-order valence-corrected chi connectivity index (χ3v) is 3.91. The quantitative estimate of drug-likeness (QED) is 0.780. The summed E-state index contributed by atoms with van der Waals surface area (Å²) in [5.74, 6) is -1.04. The van der Waals surface area contributed by atoms with Gasteiger partial charge in [0.1, 0.15) is 5.00 Å². The van der Waals surface area contributed by atoms with Crippen molar-refractivity contribution in [3.8, 4) is 0 Å². The van der Waals surface area contributed by atoms with Crippen molar-refractivity contribution in [2.45, 2.75) is 33.2 Å². The number of hydrogen-bond acceptors (Lipinski definition) is 4. The van der Waals surface area contributed by atoms with E-state index in [1.807, 2.05) is 20.8 Å². The lowest BCUT2D eigenvalue weighted by atomic mass is 10.1. The zero-order valence-electron chi connectivity index (χ0n) is 12.3. The fraction of sp³-hybridized carbons (Fsp3) is 0.538. The Hall–Kier alpha value is -1.60. The molecule has 0 aliphatic rings. The number of rotatable bonds is 5. The molecule has 0 aliphatic carbocycles. The van der Waals surface area contributed by atoms with E-state index in [0.717, 1.165) is 4.88 Å². The molecule has 0 aromatic carbocycles. The Morgan fingerprint density at radius 2 is 1.95 bits per heavy atom. The van der Waals surface area contributed by atoms with Gasteiger partial charge in [0.15, 0.2) is 0 Å². The van der Waals surface area contributed by atoms with E-state index in [-0.39, 0.29) is 5.56 Å². The predicted molar refractivity (Wildman–Crippen MR) is 78.9 cm³/mol. The van der Waals surface area contributed by atoms with Gasteiger partial charge in [-0.2, -0.15) is 0 Å². The van der Waals surface area contributed by atoms with Gasteiger partial charge in [-0.15, -0.1) is 11.3 Å². The van der Waals surface area contributed by atoms with Crippen LogP contribution in [0.1, 0.15) is 34.6 Å². The summed E-state index contributed by atoms with van der Waals surface area (Å²) >= 11 is 1.25. The van der Waals surface area contributed by atoms with Crippen molar-refractivity contribution >= 4 is 28.3 Å². The molecule has 6 nitrogen and oxygen atoms in total. The highest BCUT2D eigenvalue weighted by Crippen LogP contribution is 2.32. The molecule has 7 heteroatoms. The minimum atomic E-state index is -1.04. The number of carboxylic acids is 1. The minimum absolute atomic E-state index is 0.146. The molecule has 1 aromatic heterocycles. The molecule has 0 saturated heterocycles. The van der Waals surface area contributed by atoms with E-state index in [0.29, 0.717) is 17.2 Å². The molecule has 0 aliphatic heterocycles. The molecule has 0 unspecified atom stereocenters. The van der Waals surface area contributed by atoms with Gasteiger partial charge in [0.2, 0.25) is 0 Å². The molecule has 0 spiro atoms. The van der Waals surface area contributed by atoms with Crippen molar-refractivity contribution in [2.75, 3.05) is 19.0 Å². The van der Waals surface area contributed by atoms with Crippen LogP contribution in [0.3, 0.4) is 0 Å². The van der Waals surface area contributed by atoms with E-state index in [9.17, 15) is 14.7 Å².